The minimum absolute atomic E-state index is 0.0965. The molecule has 0 aromatic carbocycles. The Bertz CT molecular complexity index is 283. The number of allylic oxidation sites excluding steroid dienone is 1. The fourth-order valence-electron chi connectivity index (χ4n) is 2.21. The van der Waals surface area contributed by atoms with Crippen molar-refractivity contribution in [2.75, 3.05) is 14.1 Å². The van der Waals surface area contributed by atoms with Crippen LogP contribution < -0.4 is 0 Å². The van der Waals surface area contributed by atoms with Gasteiger partial charge in [0.15, 0.2) is 0 Å². The molecule has 0 aromatic heterocycles. The van der Waals surface area contributed by atoms with Gasteiger partial charge in [-0.15, -0.1) is 0 Å². The Kier molecular flexibility index (Phi) is 3.55. The van der Waals surface area contributed by atoms with E-state index in [4.69, 9.17) is 5.21 Å². The first-order valence-corrected chi connectivity index (χ1v) is 5.46. The molecule has 0 radical (unpaired) electrons. The van der Waals surface area contributed by atoms with E-state index in [9.17, 15) is 0 Å². The van der Waals surface area contributed by atoms with Crippen LogP contribution in [-0.2, 0) is 0 Å². The van der Waals surface area contributed by atoms with Gasteiger partial charge in [-0.2, -0.15) is 0 Å². The van der Waals surface area contributed by atoms with Crippen molar-refractivity contribution in [2.24, 2.45) is 11.1 Å². The SMILES string of the molecule is C=C(C)C1CCC(C)(N(C)C)C(=NO)C1. The van der Waals surface area contributed by atoms with E-state index in [1.165, 1.54) is 5.57 Å². The second-order valence-corrected chi connectivity index (χ2v) is 5.00. The lowest BCUT2D eigenvalue weighted by atomic mass is 9.73. The Labute approximate surface area is 92.5 Å². The van der Waals surface area contributed by atoms with Gasteiger partial charge >= 0.3 is 0 Å². The molecule has 1 N–H and O–H groups in total. The molecule has 1 aliphatic carbocycles. The lowest BCUT2D eigenvalue weighted by Gasteiger charge is -2.42. The number of rotatable bonds is 2. The van der Waals surface area contributed by atoms with Gasteiger partial charge in [0.25, 0.3) is 0 Å². The quantitative estimate of drug-likeness (QED) is 0.432. The first-order chi connectivity index (χ1) is 6.91. The largest absolute Gasteiger partial charge is 0.411 e. The molecule has 0 aromatic rings. The molecule has 1 rings (SSSR count). The topological polar surface area (TPSA) is 35.8 Å². The summed E-state index contributed by atoms with van der Waals surface area (Å²) in [5.74, 6) is 0.476. The summed E-state index contributed by atoms with van der Waals surface area (Å²) in [6.07, 6.45) is 2.99. The minimum atomic E-state index is -0.0965. The van der Waals surface area contributed by atoms with Crippen LogP contribution in [0.4, 0.5) is 0 Å². The molecule has 1 aliphatic rings. The Balaban J connectivity index is 2.87. The fourth-order valence-corrected chi connectivity index (χ4v) is 2.21. The van der Waals surface area contributed by atoms with Gasteiger partial charge in [-0.25, -0.2) is 0 Å². The molecule has 0 bridgehead atoms. The van der Waals surface area contributed by atoms with Crippen LogP contribution in [0.2, 0.25) is 0 Å². The second kappa shape index (κ2) is 4.35. The average molecular weight is 210 g/mol. The minimum Gasteiger partial charge on any atom is -0.411 e. The molecule has 1 fully saturated rings. The van der Waals surface area contributed by atoms with Crippen LogP contribution in [0.25, 0.3) is 0 Å². The molecule has 0 heterocycles. The van der Waals surface area contributed by atoms with Gasteiger partial charge < -0.3 is 5.21 Å². The molecule has 1 saturated carbocycles. The third-order valence-corrected chi connectivity index (χ3v) is 3.85. The standard InChI is InChI=1S/C12H22N2O/c1-9(2)10-6-7-12(3,14(4)5)11(8-10)13-15/h10,15H,1,6-8H2,2-5H3. The van der Waals surface area contributed by atoms with E-state index in [2.05, 4.69) is 30.5 Å². The van der Waals surface area contributed by atoms with Gasteiger partial charge in [-0.05, 0) is 53.1 Å². The van der Waals surface area contributed by atoms with Crippen LogP contribution in [0.15, 0.2) is 17.3 Å². The zero-order valence-corrected chi connectivity index (χ0v) is 10.2. The van der Waals surface area contributed by atoms with Crippen LogP contribution in [0.5, 0.6) is 0 Å². The Hall–Kier alpha value is -0.830. The summed E-state index contributed by atoms with van der Waals surface area (Å²) in [6.45, 7) is 8.18. The summed E-state index contributed by atoms with van der Waals surface area (Å²) >= 11 is 0. The molecule has 15 heavy (non-hydrogen) atoms. The van der Waals surface area contributed by atoms with Crippen molar-refractivity contribution in [1.29, 1.82) is 0 Å². The summed E-state index contributed by atoms with van der Waals surface area (Å²) < 4.78 is 0. The molecular formula is C12H22N2O. The molecule has 86 valence electrons. The molecule has 3 heteroatoms. The Morgan fingerprint density at radius 3 is 2.60 bits per heavy atom. The van der Waals surface area contributed by atoms with Gasteiger partial charge in [0.1, 0.15) is 0 Å². The average Bonchev–Trinajstić information content (AvgIpc) is 2.17. The summed E-state index contributed by atoms with van der Waals surface area (Å²) in [4.78, 5) is 2.14. The maximum atomic E-state index is 9.11. The van der Waals surface area contributed by atoms with E-state index >= 15 is 0 Å². The molecule has 0 aliphatic heterocycles. The second-order valence-electron chi connectivity index (χ2n) is 5.00. The highest BCUT2D eigenvalue weighted by Gasteiger charge is 2.39. The van der Waals surface area contributed by atoms with Gasteiger partial charge in [0.2, 0.25) is 0 Å². The van der Waals surface area contributed by atoms with Gasteiger partial charge in [-0.1, -0.05) is 17.3 Å². The number of nitrogens with zero attached hydrogens (tertiary/aromatic N) is 2. The van der Waals surface area contributed by atoms with Crippen molar-refractivity contribution in [3.63, 3.8) is 0 Å². The van der Waals surface area contributed by atoms with Crippen LogP contribution in [-0.4, -0.2) is 35.5 Å². The van der Waals surface area contributed by atoms with Crippen molar-refractivity contribution in [2.45, 2.75) is 38.6 Å². The fraction of sp³-hybridized carbons (Fsp3) is 0.750. The lowest BCUT2D eigenvalue weighted by Crippen LogP contribution is -2.51. The van der Waals surface area contributed by atoms with Crippen molar-refractivity contribution < 1.29 is 5.21 Å². The smallest absolute Gasteiger partial charge is 0.0776 e. The van der Waals surface area contributed by atoms with Crippen LogP contribution in [0.1, 0.15) is 33.1 Å². The summed E-state index contributed by atoms with van der Waals surface area (Å²) in [5.41, 5.74) is 1.98. The van der Waals surface area contributed by atoms with E-state index in [1.807, 2.05) is 14.1 Å². The van der Waals surface area contributed by atoms with Crippen molar-refractivity contribution >= 4 is 5.71 Å². The molecule has 0 spiro atoms. The van der Waals surface area contributed by atoms with Crippen molar-refractivity contribution in [1.82, 2.24) is 4.90 Å². The zero-order valence-electron chi connectivity index (χ0n) is 10.2. The molecule has 3 nitrogen and oxygen atoms in total. The Morgan fingerprint density at radius 1 is 1.60 bits per heavy atom. The predicted octanol–water partition coefficient (Wildman–Crippen LogP) is 2.51. The number of hydrogen-bond donors (Lipinski definition) is 1. The third-order valence-electron chi connectivity index (χ3n) is 3.85. The summed E-state index contributed by atoms with van der Waals surface area (Å²) in [6, 6.07) is 0. The van der Waals surface area contributed by atoms with Crippen molar-refractivity contribution in [3.8, 4) is 0 Å². The normalized spacial score (nSPS) is 34.7. The van der Waals surface area contributed by atoms with E-state index in [0.29, 0.717) is 5.92 Å². The van der Waals surface area contributed by atoms with Gasteiger partial charge in [0, 0.05) is 0 Å². The van der Waals surface area contributed by atoms with Gasteiger partial charge in [0.05, 0.1) is 11.3 Å². The maximum Gasteiger partial charge on any atom is 0.0776 e. The molecule has 2 unspecified atom stereocenters. The predicted molar refractivity (Wildman–Crippen MR) is 63.5 cm³/mol. The van der Waals surface area contributed by atoms with E-state index < -0.39 is 0 Å². The van der Waals surface area contributed by atoms with E-state index in [-0.39, 0.29) is 5.54 Å². The van der Waals surface area contributed by atoms with E-state index in [0.717, 1.165) is 25.0 Å². The summed E-state index contributed by atoms with van der Waals surface area (Å²) in [5, 5.41) is 12.6. The number of hydrogen-bond acceptors (Lipinski definition) is 3. The maximum absolute atomic E-state index is 9.11. The molecular weight excluding hydrogens is 188 g/mol. The van der Waals surface area contributed by atoms with Gasteiger partial charge in [-0.3, -0.25) is 4.90 Å². The molecule has 0 amide bonds. The highest BCUT2D eigenvalue weighted by atomic mass is 16.4. The Morgan fingerprint density at radius 2 is 2.20 bits per heavy atom. The third kappa shape index (κ3) is 2.23. The van der Waals surface area contributed by atoms with Crippen LogP contribution in [0, 0.1) is 5.92 Å². The van der Waals surface area contributed by atoms with Crippen molar-refractivity contribution in [3.05, 3.63) is 12.2 Å². The number of oxime groups is 1. The zero-order chi connectivity index (χ0) is 11.6. The first-order valence-electron chi connectivity index (χ1n) is 5.46. The monoisotopic (exact) mass is 210 g/mol. The first kappa shape index (κ1) is 12.2. The molecule has 2 atom stereocenters. The molecule has 0 saturated heterocycles. The highest BCUT2D eigenvalue weighted by Crippen LogP contribution is 2.35. The van der Waals surface area contributed by atoms with Crippen LogP contribution in [0.3, 0.4) is 0 Å². The summed E-state index contributed by atoms with van der Waals surface area (Å²) in [7, 11) is 4.07. The van der Waals surface area contributed by atoms with E-state index in [1.54, 1.807) is 0 Å². The lowest BCUT2D eigenvalue weighted by molar-refractivity contribution is 0.193. The highest BCUT2D eigenvalue weighted by molar-refractivity contribution is 5.93. The van der Waals surface area contributed by atoms with Crippen LogP contribution >= 0.6 is 0 Å².